The number of amides is 4. The van der Waals surface area contributed by atoms with E-state index in [9.17, 15) is 14.4 Å². The van der Waals surface area contributed by atoms with Crippen LogP contribution in [-0.4, -0.2) is 88.5 Å². The molecule has 8 aromatic carbocycles. The maximum absolute atomic E-state index is 13.4. The van der Waals surface area contributed by atoms with Crippen molar-refractivity contribution in [3.8, 4) is 34.5 Å². The number of carbonyl (C=O) groups excluding carboxylic acids is 3. The highest BCUT2D eigenvalue weighted by molar-refractivity contribution is 6.33. The Morgan fingerprint density at radius 3 is 1.16 bits per heavy atom. The van der Waals surface area contributed by atoms with Gasteiger partial charge in [0.1, 0.15) is 19.8 Å². The molecule has 3 aromatic heterocycles. The molecule has 0 radical (unpaired) electrons. The molecule has 11 aromatic rings. The van der Waals surface area contributed by atoms with Gasteiger partial charge in [-0.1, -0.05) is 182 Å². The molecule has 103 heavy (non-hydrogen) atoms. The molecule has 3 heterocycles. The molecule has 0 unspecified atom stereocenters. The number of nitrogens with one attached hydrogen (secondary N) is 1. The lowest BCUT2D eigenvalue weighted by Crippen LogP contribution is -2.36. The molecule has 4 amide bonds. The second-order valence-electron chi connectivity index (χ2n) is 24.7. The molecule has 528 valence electrons. The molecule has 16 nitrogen and oxygen atoms in total. The molecule has 1 aliphatic rings. The molecule has 1 saturated carbocycles. The second-order valence-corrected chi connectivity index (χ2v) is 25.1. The number of methoxy groups -OCH3 is 3. The van der Waals surface area contributed by atoms with E-state index in [2.05, 4.69) is 20.3 Å². The molecule has 12 rings (SSSR count). The average Bonchev–Trinajstić information content (AvgIpc) is 1.38. The van der Waals surface area contributed by atoms with Crippen molar-refractivity contribution in [1.82, 2.24) is 29.7 Å². The van der Waals surface area contributed by atoms with Crippen LogP contribution in [-0.2, 0) is 63.5 Å². The Bertz CT molecular complexity index is 4360. The first-order chi connectivity index (χ1) is 50.6. The molecule has 0 spiro atoms. The Morgan fingerprint density at radius 2 is 0.757 bits per heavy atom. The zero-order valence-corrected chi connectivity index (χ0v) is 59.4. The van der Waals surface area contributed by atoms with E-state index < -0.39 is 0 Å². The first kappa shape index (κ1) is 74.2. The summed E-state index contributed by atoms with van der Waals surface area (Å²) in [6.45, 7) is 4.40. The minimum absolute atomic E-state index is 0.130. The van der Waals surface area contributed by atoms with Crippen LogP contribution in [0, 0.1) is 5.92 Å². The normalized spacial score (nSPS) is 11.5. The van der Waals surface area contributed by atoms with Crippen molar-refractivity contribution in [3.05, 3.63) is 334 Å². The Balaban J connectivity index is 0.000000166. The number of nitrogens with zero attached hydrogens (tertiary/aromatic N) is 6. The summed E-state index contributed by atoms with van der Waals surface area (Å²) in [6.07, 6.45) is 11.6. The highest BCUT2D eigenvalue weighted by atomic mass is 35.5. The molecule has 17 heteroatoms. The van der Waals surface area contributed by atoms with Gasteiger partial charge in [-0.2, -0.15) is 0 Å². The summed E-state index contributed by atoms with van der Waals surface area (Å²) in [4.78, 5) is 58.7. The third-order valence-electron chi connectivity index (χ3n) is 17.3. The largest absolute Gasteiger partial charge is 0.493 e. The van der Waals surface area contributed by atoms with Crippen LogP contribution in [0.2, 0.25) is 5.02 Å². The minimum Gasteiger partial charge on any atom is -0.493 e. The number of pyridine rings is 3. The third kappa shape index (κ3) is 23.6. The fourth-order valence-electron chi connectivity index (χ4n) is 11.8. The quantitative estimate of drug-likeness (QED) is 0.0453. The van der Waals surface area contributed by atoms with E-state index in [-0.39, 0.29) is 23.8 Å². The number of ether oxygens (including phenoxy) is 6. The van der Waals surface area contributed by atoms with Crippen molar-refractivity contribution < 1.29 is 42.8 Å². The number of rotatable bonds is 30. The van der Waals surface area contributed by atoms with Gasteiger partial charge in [0.05, 0.1) is 31.9 Å². The SMILES string of the molecule is COc1cc(CN(CCc2ccccn2)C(=O)C2CCCC2)ccc1OCc1ccccc1.COc1cc(CN(CCc2ccccn2)C(=O)Nc2ccccc2)ccc1OCc1ccccc1.COc1cc(CN(CCc2ccccn2)C(=O)c2ccccc2Cl)ccc1OCc1ccccc1. The summed E-state index contributed by atoms with van der Waals surface area (Å²) in [5, 5.41) is 3.42. The van der Waals surface area contributed by atoms with Gasteiger partial charge in [-0.3, -0.25) is 24.5 Å². The molecule has 0 aliphatic heterocycles. The predicted octanol–water partition coefficient (Wildman–Crippen LogP) is 17.6. The Hall–Kier alpha value is -11.5. The van der Waals surface area contributed by atoms with Crippen molar-refractivity contribution in [3.63, 3.8) is 0 Å². The number of anilines is 1. The average molecular weight is 1400 g/mol. The first-order valence-electron chi connectivity index (χ1n) is 34.7. The van der Waals surface area contributed by atoms with Gasteiger partial charge in [0.25, 0.3) is 5.91 Å². The second kappa shape index (κ2) is 40.1. The van der Waals surface area contributed by atoms with Crippen LogP contribution < -0.4 is 33.7 Å². The van der Waals surface area contributed by atoms with Crippen molar-refractivity contribution in [1.29, 1.82) is 0 Å². The summed E-state index contributed by atoms with van der Waals surface area (Å²) in [6, 6.07) is 81.4. The zero-order valence-electron chi connectivity index (χ0n) is 58.6. The predicted molar refractivity (Wildman–Crippen MR) is 405 cm³/mol. The van der Waals surface area contributed by atoms with E-state index in [1.165, 1.54) is 0 Å². The molecular formula is C86H88ClN7O9. The highest BCUT2D eigenvalue weighted by Crippen LogP contribution is 2.34. The molecule has 0 saturated heterocycles. The highest BCUT2D eigenvalue weighted by Gasteiger charge is 2.28. The van der Waals surface area contributed by atoms with Gasteiger partial charge in [0.2, 0.25) is 5.91 Å². The molecule has 1 fully saturated rings. The van der Waals surface area contributed by atoms with Gasteiger partial charge in [-0.05, 0) is 143 Å². The number of hydrogen-bond donors (Lipinski definition) is 1. The van der Waals surface area contributed by atoms with Crippen molar-refractivity contribution in [2.45, 2.75) is 84.4 Å². The molecule has 0 atom stereocenters. The van der Waals surface area contributed by atoms with Crippen molar-refractivity contribution in [2.24, 2.45) is 5.92 Å². The zero-order chi connectivity index (χ0) is 71.6. The summed E-state index contributed by atoms with van der Waals surface area (Å²) in [5.74, 6) is 4.21. The fraction of sp³-hybridized carbons (Fsp3) is 0.233. The number of aromatic nitrogens is 3. The fourth-order valence-corrected chi connectivity index (χ4v) is 12.0. The lowest BCUT2D eigenvalue weighted by molar-refractivity contribution is -0.136. The first-order valence-corrected chi connectivity index (χ1v) is 35.1. The van der Waals surface area contributed by atoms with Crippen LogP contribution in [0.15, 0.2) is 273 Å². The number of hydrogen-bond acceptors (Lipinski definition) is 12. The van der Waals surface area contributed by atoms with Gasteiger partial charge in [-0.15, -0.1) is 0 Å². The standard InChI is InChI=1S/C29H27ClN2O3.C29H29N3O3.C28H32N2O3/c1-34-28-19-23(14-15-27(28)35-21-22-9-3-2-4-10-22)20-32(18-16-24-11-7-8-17-31-24)29(33)25-12-5-6-13-26(25)30;1-34-28-20-24(15-16-27(28)35-22-23-10-4-2-5-11-23)21-32(19-17-25-12-8-9-18-30-25)29(33)31-26-13-6-3-7-14-26;1-32-27-19-23(14-15-26(27)33-21-22-9-3-2-4-10-22)20-30(28(31)24-11-5-6-12-24)18-16-25-13-7-8-17-29-25/h2-15,17,19H,16,18,20-21H2,1H3;2-16,18,20H,17,19,21-22H2,1H3,(H,31,33);2-4,7-10,13-15,17,19,24H,5-6,11-12,16,18,20-21H2,1H3. The monoisotopic (exact) mass is 1400 g/mol. The summed E-state index contributed by atoms with van der Waals surface area (Å²) in [5.41, 5.74) is 10.3. The van der Waals surface area contributed by atoms with E-state index in [0.717, 1.165) is 88.3 Å². The summed E-state index contributed by atoms with van der Waals surface area (Å²) in [7, 11) is 4.88. The number of halogens is 1. The van der Waals surface area contributed by atoms with Gasteiger partial charge < -0.3 is 48.4 Å². The lowest BCUT2D eigenvalue weighted by Gasteiger charge is -2.26. The van der Waals surface area contributed by atoms with E-state index in [4.69, 9.17) is 40.0 Å². The Morgan fingerprint density at radius 1 is 0.398 bits per heavy atom. The lowest BCUT2D eigenvalue weighted by atomic mass is 10.1. The number of benzene rings is 8. The smallest absolute Gasteiger partial charge is 0.322 e. The topological polar surface area (TPSA) is 167 Å². The van der Waals surface area contributed by atoms with Crippen LogP contribution in [0.1, 0.15) is 86.5 Å². The molecular weight excluding hydrogens is 1310 g/mol. The molecule has 1 aliphatic carbocycles. The van der Waals surface area contributed by atoms with Gasteiger partial charge in [0.15, 0.2) is 34.5 Å². The van der Waals surface area contributed by atoms with E-state index >= 15 is 0 Å². The van der Waals surface area contributed by atoms with Crippen LogP contribution in [0.4, 0.5) is 10.5 Å². The summed E-state index contributed by atoms with van der Waals surface area (Å²) < 4.78 is 34.7. The molecule has 0 bridgehead atoms. The van der Waals surface area contributed by atoms with Crippen LogP contribution in [0.25, 0.3) is 0 Å². The maximum Gasteiger partial charge on any atom is 0.322 e. The number of urea groups is 1. The Kier molecular flexibility index (Phi) is 28.9. The van der Waals surface area contributed by atoms with E-state index in [0.29, 0.717) is 117 Å². The molecule has 1 N–H and O–H groups in total. The maximum atomic E-state index is 13.4. The van der Waals surface area contributed by atoms with Crippen molar-refractivity contribution in [2.75, 3.05) is 46.3 Å². The van der Waals surface area contributed by atoms with Crippen LogP contribution >= 0.6 is 11.6 Å². The van der Waals surface area contributed by atoms with Crippen LogP contribution in [0.5, 0.6) is 34.5 Å². The number of carbonyl (C=O) groups is 3. The third-order valence-corrected chi connectivity index (χ3v) is 17.7. The van der Waals surface area contributed by atoms with Crippen LogP contribution in [0.3, 0.4) is 0 Å². The van der Waals surface area contributed by atoms with Gasteiger partial charge in [0, 0.05) is 106 Å². The van der Waals surface area contributed by atoms with Crippen molar-refractivity contribution >= 4 is 35.1 Å². The number of para-hydroxylation sites is 1. The Labute approximate surface area is 609 Å². The van der Waals surface area contributed by atoms with E-state index in [1.54, 1.807) is 61.9 Å². The summed E-state index contributed by atoms with van der Waals surface area (Å²) >= 11 is 6.34. The minimum atomic E-state index is -0.171. The van der Waals surface area contributed by atoms with Gasteiger partial charge in [-0.25, -0.2) is 4.79 Å². The van der Waals surface area contributed by atoms with Gasteiger partial charge >= 0.3 is 6.03 Å². The van der Waals surface area contributed by atoms with E-state index in [1.807, 2.05) is 248 Å².